The Kier molecular flexibility index (Phi) is 6.03. The third kappa shape index (κ3) is 4.19. The van der Waals surface area contributed by atoms with Gasteiger partial charge in [0.25, 0.3) is 0 Å². The molecule has 7 heteroatoms. The van der Waals surface area contributed by atoms with Crippen molar-refractivity contribution in [2.24, 2.45) is 0 Å². The van der Waals surface area contributed by atoms with Crippen molar-refractivity contribution < 1.29 is 18.3 Å². The van der Waals surface area contributed by atoms with Crippen LogP contribution in [0, 0.1) is 5.82 Å². The molecule has 0 aliphatic carbocycles. The zero-order chi connectivity index (χ0) is 18.6. The number of hydrogen-bond acceptors (Lipinski definition) is 5. The van der Waals surface area contributed by atoms with E-state index < -0.39 is 0 Å². The third-order valence-corrected chi connectivity index (χ3v) is 4.60. The minimum atomic E-state index is -0.388. The van der Waals surface area contributed by atoms with Gasteiger partial charge in [-0.3, -0.25) is 4.98 Å². The quantitative estimate of drug-likeness (QED) is 0.644. The summed E-state index contributed by atoms with van der Waals surface area (Å²) in [5.41, 5.74) is 0.397. The minimum absolute atomic E-state index is 0. The first kappa shape index (κ1) is 19.5. The van der Waals surface area contributed by atoms with Crippen LogP contribution < -0.4 is 4.74 Å². The van der Waals surface area contributed by atoms with Crippen LogP contribution in [-0.2, 0) is 0 Å². The van der Waals surface area contributed by atoms with Gasteiger partial charge in [0.15, 0.2) is 17.4 Å². The second kappa shape index (κ2) is 8.65. The second-order valence-electron chi connectivity index (χ2n) is 6.36. The molecule has 1 amide bonds. The average Bonchev–Trinajstić information content (AvgIpc) is 3.19. The number of ether oxygens (including phenoxy) is 1. The van der Waals surface area contributed by atoms with Crippen molar-refractivity contribution in [2.45, 2.75) is 26.2 Å². The number of aromatic nitrogens is 2. The zero-order valence-corrected chi connectivity index (χ0v) is 14.5. The van der Waals surface area contributed by atoms with Crippen LogP contribution in [0.4, 0.5) is 9.18 Å². The molecule has 1 aliphatic rings. The van der Waals surface area contributed by atoms with Crippen LogP contribution in [0.25, 0.3) is 11.3 Å². The second-order valence-corrected chi connectivity index (χ2v) is 6.36. The molecule has 0 bridgehead atoms. The van der Waals surface area contributed by atoms with Crippen LogP contribution in [0.5, 0.6) is 5.75 Å². The topological polar surface area (TPSA) is 68.5 Å². The molecule has 0 spiro atoms. The Morgan fingerprint density at radius 1 is 1.14 bits per heavy atom. The fraction of sp³-hybridized carbons (Fsp3) is 0.286. The Morgan fingerprint density at radius 2 is 1.93 bits per heavy atom. The fourth-order valence-corrected chi connectivity index (χ4v) is 3.14. The molecular weight excluding hydrogens is 361 g/mol. The molecule has 1 saturated heterocycles. The van der Waals surface area contributed by atoms with Crippen LogP contribution in [0.1, 0.15) is 32.1 Å². The maximum Gasteiger partial charge on any atom is 0.415 e. The molecule has 0 atom stereocenters. The Labute approximate surface area is 163 Å². The summed E-state index contributed by atoms with van der Waals surface area (Å²) < 4.78 is 25.0. The SMILES string of the molecule is C.O=C(Oc1cccnc1)N1CCC(c2ncc(-c3ccccc3F)o2)CC1. The molecule has 28 heavy (non-hydrogen) atoms. The summed E-state index contributed by atoms with van der Waals surface area (Å²) in [6.45, 7) is 1.09. The molecule has 0 radical (unpaired) electrons. The highest BCUT2D eigenvalue weighted by Crippen LogP contribution is 2.31. The number of piperidine rings is 1. The highest BCUT2D eigenvalue weighted by Gasteiger charge is 2.28. The lowest BCUT2D eigenvalue weighted by Gasteiger charge is -2.29. The summed E-state index contributed by atoms with van der Waals surface area (Å²) in [6, 6.07) is 9.85. The van der Waals surface area contributed by atoms with Gasteiger partial charge in [-0.25, -0.2) is 14.2 Å². The molecule has 4 rings (SSSR count). The number of benzene rings is 1. The molecule has 0 saturated carbocycles. The summed E-state index contributed by atoms with van der Waals surface area (Å²) in [5.74, 6) is 1.17. The van der Waals surface area contributed by atoms with Crippen LogP contribution in [0.15, 0.2) is 59.4 Å². The predicted octanol–water partition coefficient (Wildman–Crippen LogP) is 4.89. The van der Waals surface area contributed by atoms with E-state index in [1.54, 1.807) is 47.6 Å². The van der Waals surface area contributed by atoms with Gasteiger partial charge in [-0.2, -0.15) is 0 Å². The molecule has 0 unspecified atom stereocenters. The summed E-state index contributed by atoms with van der Waals surface area (Å²) in [4.78, 5) is 22.1. The van der Waals surface area contributed by atoms with Crippen molar-refractivity contribution >= 4 is 6.09 Å². The number of carbonyl (C=O) groups is 1. The summed E-state index contributed by atoms with van der Waals surface area (Å²) in [7, 11) is 0. The van der Waals surface area contributed by atoms with Crippen LogP contribution in [0.3, 0.4) is 0 Å². The molecule has 1 aliphatic heterocycles. The number of halogens is 1. The average molecular weight is 383 g/mol. The van der Waals surface area contributed by atoms with Crippen molar-refractivity contribution in [3.8, 4) is 17.1 Å². The van der Waals surface area contributed by atoms with E-state index in [1.165, 1.54) is 12.3 Å². The Bertz CT molecular complexity index is 921. The molecule has 0 N–H and O–H groups in total. The van der Waals surface area contributed by atoms with Gasteiger partial charge in [0, 0.05) is 25.2 Å². The van der Waals surface area contributed by atoms with Crippen LogP contribution >= 0.6 is 0 Å². The lowest BCUT2D eigenvalue weighted by Crippen LogP contribution is -2.39. The van der Waals surface area contributed by atoms with Crippen LogP contribution in [0.2, 0.25) is 0 Å². The number of hydrogen-bond donors (Lipinski definition) is 0. The number of pyridine rings is 1. The molecule has 1 aromatic carbocycles. The van der Waals surface area contributed by atoms with Gasteiger partial charge in [0.1, 0.15) is 5.82 Å². The number of amides is 1. The largest absolute Gasteiger partial charge is 0.440 e. The van der Waals surface area contributed by atoms with Gasteiger partial charge < -0.3 is 14.1 Å². The molecule has 6 nitrogen and oxygen atoms in total. The minimum Gasteiger partial charge on any atom is -0.440 e. The Balaban J connectivity index is 0.00000225. The number of rotatable bonds is 3. The lowest BCUT2D eigenvalue weighted by atomic mass is 9.97. The number of likely N-dealkylation sites (tertiary alicyclic amines) is 1. The molecule has 3 aromatic rings. The van der Waals surface area contributed by atoms with E-state index in [0.29, 0.717) is 48.9 Å². The highest BCUT2D eigenvalue weighted by molar-refractivity contribution is 5.70. The first-order chi connectivity index (χ1) is 13.2. The van der Waals surface area contributed by atoms with E-state index in [4.69, 9.17) is 9.15 Å². The third-order valence-electron chi connectivity index (χ3n) is 4.60. The Morgan fingerprint density at radius 3 is 2.64 bits per heavy atom. The van der Waals surface area contributed by atoms with Crippen molar-refractivity contribution in [2.75, 3.05) is 13.1 Å². The number of nitrogens with zero attached hydrogens (tertiary/aromatic N) is 3. The molecule has 3 heterocycles. The van der Waals surface area contributed by atoms with E-state index in [0.717, 1.165) is 0 Å². The first-order valence-corrected chi connectivity index (χ1v) is 8.78. The molecule has 1 fully saturated rings. The lowest BCUT2D eigenvalue weighted by molar-refractivity contribution is 0.136. The van der Waals surface area contributed by atoms with Gasteiger partial charge >= 0.3 is 6.09 Å². The summed E-state index contributed by atoms with van der Waals surface area (Å²) in [5, 5.41) is 0. The van der Waals surface area contributed by atoms with E-state index in [9.17, 15) is 9.18 Å². The molecule has 2 aromatic heterocycles. The first-order valence-electron chi connectivity index (χ1n) is 8.78. The maximum absolute atomic E-state index is 13.9. The van der Waals surface area contributed by atoms with E-state index in [2.05, 4.69) is 9.97 Å². The normalized spacial score (nSPS) is 14.4. The predicted molar refractivity (Wildman–Crippen MR) is 102 cm³/mol. The van der Waals surface area contributed by atoms with Crippen molar-refractivity contribution in [3.05, 3.63) is 66.7 Å². The maximum atomic E-state index is 13.9. The standard InChI is InChI=1S/C20H18FN3O3.CH4/c21-17-6-2-1-5-16(17)18-13-23-19(27-18)14-7-10-24(11-8-14)20(25)26-15-4-3-9-22-12-15;/h1-6,9,12-14H,7-8,10-11H2;1H4. The van der Waals surface area contributed by atoms with Gasteiger partial charge in [-0.1, -0.05) is 19.6 Å². The number of carbonyl (C=O) groups excluding carboxylic acids is 1. The fourth-order valence-electron chi connectivity index (χ4n) is 3.14. The van der Waals surface area contributed by atoms with E-state index in [1.807, 2.05) is 0 Å². The molecular formula is C21H22FN3O3. The zero-order valence-electron chi connectivity index (χ0n) is 14.5. The van der Waals surface area contributed by atoms with E-state index >= 15 is 0 Å². The smallest absolute Gasteiger partial charge is 0.415 e. The van der Waals surface area contributed by atoms with Gasteiger partial charge in [0.2, 0.25) is 0 Å². The Hall–Kier alpha value is -3.22. The van der Waals surface area contributed by atoms with E-state index in [-0.39, 0.29) is 25.3 Å². The van der Waals surface area contributed by atoms with Gasteiger partial charge in [0.05, 0.1) is 18.0 Å². The van der Waals surface area contributed by atoms with Gasteiger partial charge in [-0.05, 0) is 37.1 Å². The number of oxazole rings is 1. The van der Waals surface area contributed by atoms with Crippen LogP contribution in [-0.4, -0.2) is 34.1 Å². The monoisotopic (exact) mass is 383 g/mol. The van der Waals surface area contributed by atoms with Crippen molar-refractivity contribution in [1.29, 1.82) is 0 Å². The van der Waals surface area contributed by atoms with Crippen molar-refractivity contribution in [3.63, 3.8) is 0 Å². The highest BCUT2D eigenvalue weighted by atomic mass is 19.1. The molecule has 146 valence electrons. The summed E-state index contributed by atoms with van der Waals surface area (Å²) in [6.07, 6.45) is 5.70. The summed E-state index contributed by atoms with van der Waals surface area (Å²) >= 11 is 0. The van der Waals surface area contributed by atoms with Gasteiger partial charge in [-0.15, -0.1) is 0 Å². The van der Waals surface area contributed by atoms with Crippen molar-refractivity contribution in [1.82, 2.24) is 14.9 Å².